The van der Waals surface area contributed by atoms with Crippen molar-refractivity contribution in [2.24, 2.45) is 5.41 Å². The van der Waals surface area contributed by atoms with Gasteiger partial charge in [0, 0.05) is 0 Å². The maximum absolute atomic E-state index is 11.8. The molecule has 0 saturated heterocycles. The number of unbranched alkanes of at least 4 members (excludes halogenated alkanes) is 1. The Kier molecular flexibility index (Phi) is 11.3. The van der Waals surface area contributed by atoms with Crippen LogP contribution in [0.3, 0.4) is 0 Å². The summed E-state index contributed by atoms with van der Waals surface area (Å²) in [5.74, 6) is -0.734. The standard InChI is InChI=1S/C12H22O4.Zr/c1-5-8-9-15-16-11(14)12(6-2,7-3)10(4)13;/h5-9H2,1-4H3;/q;+2. The molecule has 4 nitrogen and oxygen atoms in total. The molecular weight excluding hydrogens is 299 g/mol. The summed E-state index contributed by atoms with van der Waals surface area (Å²) >= 11 is 0. The molecule has 0 aromatic heterocycles. The maximum Gasteiger partial charge on any atom is 2.00 e. The first kappa shape index (κ1) is 19.3. The largest absolute Gasteiger partial charge is 2.00 e. The molecule has 0 aliphatic heterocycles. The SMILES string of the molecule is CCCCOOC(=O)C(CC)(CC)C(C)=O.[Zr+2]. The van der Waals surface area contributed by atoms with E-state index in [4.69, 9.17) is 9.78 Å². The van der Waals surface area contributed by atoms with Gasteiger partial charge in [-0.25, -0.2) is 4.79 Å². The zero-order valence-electron chi connectivity index (χ0n) is 11.2. The number of carbonyl (C=O) groups excluding carboxylic acids is 2. The molecule has 0 spiro atoms. The Hall–Kier alpha value is -0.0169. The summed E-state index contributed by atoms with van der Waals surface area (Å²) in [5.41, 5.74) is -1.04. The van der Waals surface area contributed by atoms with E-state index in [2.05, 4.69) is 0 Å². The number of rotatable bonds is 8. The number of hydrogen-bond donors (Lipinski definition) is 0. The summed E-state index contributed by atoms with van der Waals surface area (Å²) in [5, 5.41) is 0. The third-order valence-corrected chi connectivity index (χ3v) is 2.99. The predicted molar refractivity (Wildman–Crippen MR) is 60.6 cm³/mol. The minimum Gasteiger partial charge on any atom is -0.299 e. The Morgan fingerprint density at radius 3 is 2.00 bits per heavy atom. The van der Waals surface area contributed by atoms with Crippen LogP contribution in [-0.4, -0.2) is 18.4 Å². The van der Waals surface area contributed by atoms with E-state index in [0.717, 1.165) is 12.8 Å². The zero-order valence-corrected chi connectivity index (χ0v) is 13.6. The first-order valence-electron chi connectivity index (χ1n) is 5.90. The van der Waals surface area contributed by atoms with E-state index in [1.54, 1.807) is 13.8 Å². The van der Waals surface area contributed by atoms with E-state index in [1.165, 1.54) is 6.92 Å². The van der Waals surface area contributed by atoms with Crippen LogP contribution in [0.15, 0.2) is 0 Å². The monoisotopic (exact) mass is 320 g/mol. The molecule has 0 rings (SSSR count). The molecule has 96 valence electrons. The van der Waals surface area contributed by atoms with Crippen LogP contribution < -0.4 is 0 Å². The van der Waals surface area contributed by atoms with Crippen LogP contribution in [-0.2, 0) is 45.6 Å². The van der Waals surface area contributed by atoms with Crippen molar-refractivity contribution in [3.63, 3.8) is 0 Å². The quantitative estimate of drug-likeness (QED) is 0.298. The van der Waals surface area contributed by atoms with Crippen LogP contribution in [0, 0.1) is 5.41 Å². The van der Waals surface area contributed by atoms with E-state index in [1.807, 2.05) is 6.92 Å². The van der Waals surface area contributed by atoms with Crippen molar-refractivity contribution in [2.75, 3.05) is 6.61 Å². The molecule has 0 aromatic rings. The van der Waals surface area contributed by atoms with Crippen LogP contribution >= 0.6 is 0 Å². The second-order valence-corrected chi connectivity index (χ2v) is 3.89. The third kappa shape index (κ3) is 5.43. The fourth-order valence-electron chi connectivity index (χ4n) is 1.56. The molecule has 0 amide bonds. The molecule has 0 aliphatic carbocycles. The smallest absolute Gasteiger partial charge is 0.299 e. The number of Topliss-reactive ketones (excluding diaryl/α,β-unsaturated/α-hetero) is 1. The Bertz CT molecular complexity index is 237. The fourth-order valence-corrected chi connectivity index (χ4v) is 1.56. The Morgan fingerprint density at radius 2 is 1.65 bits per heavy atom. The van der Waals surface area contributed by atoms with Gasteiger partial charge in [0.25, 0.3) is 0 Å². The predicted octanol–water partition coefficient (Wildman–Crippen LogP) is 2.65. The second kappa shape index (κ2) is 9.96. The molecule has 17 heavy (non-hydrogen) atoms. The van der Waals surface area contributed by atoms with Crippen molar-refractivity contribution in [1.82, 2.24) is 0 Å². The van der Waals surface area contributed by atoms with Crippen LogP contribution in [0.25, 0.3) is 0 Å². The molecule has 0 radical (unpaired) electrons. The van der Waals surface area contributed by atoms with Crippen molar-refractivity contribution >= 4 is 11.8 Å². The number of ketones is 1. The summed E-state index contributed by atoms with van der Waals surface area (Å²) < 4.78 is 0. The van der Waals surface area contributed by atoms with Gasteiger partial charge < -0.3 is 0 Å². The maximum atomic E-state index is 11.8. The van der Waals surface area contributed by atoms with Gasteiger partial charge in [-0.05, 0) is 26.2 Å². The van der Waals surface area contributed by atoms with Gasteiger partial charge in [0.05, 0.1) is 6.61 Å². The zero-order chi connectivity index (χ0) is 12.6. The molecular formula is C12H22O4Zr+2. The molecule has 0 saturated carbocycles. The van der Waals surface area contributed by atoms with Crippen LogP contribution in [0.1, 0.15) is 53.4 Å². The summed E-state index contributed by atoms with van der Waals surface area (Å²) in [4.78, 5) is 32.8. The van der Waals surface area contributed by atoms with E-state index in [9.17, 15) is 9.59 Å². The first-order valence-corrected chi connectivity index (χ1v) is 5.90. The molecule has 0 atom stereocenters. The number of hydrogen-bond acceptors (Lipinski definition) is 4. The van der Waals surface area contributed by atoms with Gasteiger partial charge in [-0.2, -0.15) is 4.89 Å². The Labute approximate surface area is 122 Å². The second-order valence-electron chi connectivity index (χ2n) is 3.89. The molecule has 0 heterocycles. The van der Waals surface area contributed by atoms with E-state index in [0.29, 0.717) is 19.4 Å². The topological polar surface area (TPSA) is 52.6 Å². The van der Waals surface area contributed by atoms with Gasteiger partial charge in [-0.15, -0.1) is 0 Å². The van der Waals surface area contributed by atoms with Gasteiger partial charge in [-0.3, -0.25) is 9.68 Å². The molecule has 5 heteroatoms. The van der Waals surface area contributed by atoms with Crippen molar-refractivity contribution < 1.29 is 45.6 Å². The van der Waals surface area contributed by atoms with E-state index < -0.39 is 11.4 Å². The van der Waals surface area contributed by atoms with E-state index in [-0.39, 0.29) is 32.0 Å². The molecule has 0 unspecified atom stereocenters. The van der Waals surface area contributed by atoms with Gasteiger partial charge in [0.2, 0.25) is 0 Å². The average Bonchev–Trinajstić information content (AvgIpc) is 2.26. The number of carbonyl (C=O) groups is 2. The van der Waals surface area contributed by atoms with Gasteiger partial charge in [-0.1, -0.05) is 27.2 Å². The van der Waals surface area contributed by atoms with Gasteiger partial charge in [0.1, 0.15) is 11.2 Å². The van der Waals surface area contributed by atoms with E-state index >= 15 is 0 Å². The van der Waals surface area contributed by atoms with Crippen molar-refractivity contribution in [2.45, 2.75) is 53.4 Å². The van der Waals surface area contributed by atoms with Gasteiger partial charge >= 0.3 is 32.2 Å². The Balaban J connectivity index is 0. The minimum absolute atomic E-state index is 0. The summed E-state index contributed by atoms with van der Waals surface area (Å²) in [7, 11) is 0. The average molecular weight is 322 g/mol. The van der Waals surface area contributed by atoms with Crippen LogP contribution in [0.4, 0.5) is 0 Å². The summed E-state index contributed by atoms with van der Waals surface area (Å²) in [6, 6.07) is 0. The Morgan fingerprint density at radius 1 is 1.12 bits per heavy atom. The third-order valence-electron chi connectivity index (χ3n) is 2.99. The molecule has 0 fully saturated rings. The molecule has 0 N–H and O–H groups in total. The molecule has 0 bridgehead atoms. The van der Waals surface area contributed by atoms with Crippen LogP contribution in [0.5, 0.6) is 0 Å². The molecule has 0 aromatic carbocycles. The summed E-state index contributed by atoms with van der Waals surface area (Å²) in [6.45, 7) is 7.42. The fraction of sp³-hybridized carbons (Fsp3) is 0.833. The first-order chi connectivity index (χ1) is 7.55. The molecule has 0 aliphatic rings. The van der Waals surface area contributed by atoms with Crippen molar-refractivity contribution in [3.8, 4) is 0 Å². The van der Waals surface area contributed by atoms with Gasteiger partial charge in [0.15, 0.2) is 0 Å². The van der Waals surface area contributed by atoms with Crippen molar-refractivity contribution in [3.05, 3.63) is 0 Å². The normalized spacial score (nSPS) is 10.6. The van der Waals surface area contributed by atoms with Crippen LogP contribution in [0.2, 0.25) is 0 Å². The summed E-state index contributed by atoms with van der Waals surface area (Å²) in [6.07, 6.45) is 2.68. The minimum atomic E-state index is -1.04. The van der Waals surface area contributed by atoms with Crippen molar-refractivity contribution in [1.29, 1.82) is 0 Å².